The van der Waals surface area contributed by atoms with Gasteiger partial charge in [-0.1, -0.05) is 152 Å². The summed E-state index contributed by atoms with van der Waals surface area (Å²) in [6.45, 7) is 0. The van der Waals surface area contributed by atoms with Gasteiger partial charge in [0.25, 0.3) is 0 Å². The first-order chi connectivity index (χ1) is 28.7. The summed E-state index contributed by atoms with van der Waals surface area (Å²) in [7, 11) is 0. The quantitative estimate of drug-likeness (QED) is 0.176. The molecule has 3 aromatic heterocycles. The summed E-state index contributed by atoms with van der Waals surface area (Å²) in [5.74, 6) is 1.88. The zero-order valence-electron chi connectivity index (χ0n) is 31.2. The van der Waals surface area contributed by atoms with E-state index in [0.717, 1.165) is 55.3 Å². The number of para-hydroxylation sites is 1. The van der Waals surface area contributed by atoms with Crippen LogP contribution in [0.4, 0.5) is 0 Å². The van der Waals surface area contributed by atoms with Crippen molar-refractivity contribution < 1.29 is 0 Å². The third kappa shape index (κ3) is 5.25. The molecule has 3 heterocycles. The van der Waals surface area contributed by atoms with Crippen molar-refractivity contribution in [3.05, 3.63) is 194 Å². The largest absolute Gasteiger partial charge is 0.308 e. The number of aromatic nitrogens is 4. The molecule has 0 radical (unpaired) electrons. The molecule has 0 aliphatic carbocycles. The van der Waals surface area contributed by atoms with Gasteiger partial charge in [-0.3, -0.25) is 0 Å². The molecule has 0 spiro atoms. The topological polar surface area (TPSA) is 43.6 Å². The molecule has 12 rings (SSSR count). The molecule has 12 aromatic rings. The lowest BCUT2D eigenvalue weighted by molar-refractivity contribution is 1.07. The van der Waals surface area contributed by atoms with Crippen molar-refractivity contribution in [2.75, 3.05) is 0 Å². The predicted molar refractivity (Wildman–Crippen MR) is 244 cm³/mol. The van der Waals surface area contributed by atoms with Crippen molar-refractivity contribution in [1.82, 2.24) is 19.5 Å². The highest BCUT2D eigenvalue weighted by molar-refractivity contribution is 7.25. The number of fused-ring (bicyclic) bond motifs is 8. The van der Waals surface area contributed by atoms with E-state index in [4.69, 9.17) is 15.0 Å². The second-order valence-corrected chi connectivity index (χ2v) is 15.9. The van der Waals surface area contributed by atoms with E-state index < -0.39 is 0 Å². The number of hydrogen-bond acceptors (Lipinski definition) is 4. The van der Waals surface area contributed by atoms with Crippen molar-refractivity contribution in [3.8, 4) is 51.0 Å². The Hall–Kier alpha value is -7.47. The Kier molecular flexibility index (Phi) is 7.37. The molecule has 0 saturated carbocycles. The van der Waals surface area contributed by atoms with Crippen LogP contribution in [0.5, 0.6) is 0 Å². The van der Waals surface area contributed by atoms with Crippen LogP contribution in [0.25, 0.3) is 115 Å². The summed E-state index contributed by atoms with van der Waals surface area (Å²) in [5.41, 5.74) is 8.38. The normalized spacial score (nSPS) is 11.8. The summed E-state index contributed by atoms with van der Waals surface area (Å²) in [6.07, 6.45) is 0. The van der Waals surface area contributed by atoms with Crippen LogP contribution in [0.2, 0.25) is 0 Å². The molecule has 0 saturated heterocycles. The van der Waals surface area contributed by atoms with Gasteiger partial charge in [-0.2, -0.15) is 0 Å². The lowest BCUT2D eigenvalue weighted by atomic mass is 10.0. The van der Waals surface area contributed by atoms with Crippen molar-refractivity contribution >= 4 is 74.9 Å². The molecular weight excluding hydrogens is 725 g/mol. The molecule has 0 aliphatic heterocycles. The fraction of sp³-hybridized carbons (Fsp3) is 0. The third-order valence-corrected chi connectivity index (χ3v) is 12.5. The SMILES string of the molecule is c1ccc(-c2cccc(-c3nc(-c4ccc5c(c4)sc4ccccc45)nc(-c4ccc5ccccc5c4-n4c5ccccc5c5cc6ccccc6cc54)n3)c2)cc1. The van der Waals surface area contributed by atoms with E-state index in [1.165, 1.54) is 41.7 Å². The summed E-state index contributed by atoms with van der Waals surface area (Å²) in [4.78, 5) is 16.0. The van der Waals surface area contributed by atoms with Crippen molar-refractivity contribution in [3.63, 3.8) is 0 Å². The molecule has 58 heavy (non-hydrogen) atoms. The maximum atomic E-state index is 5.40. The Morgan fingerprint density at radius 1 is 0.328 bits per heavy atom. The number of benzene rings is 9. The van der Waals surface area contributed by atoms with Gasteiger partial charge in [0.2, 0.25) is 0 Å². The summed E-state index contributed by atoms with van der Waals surface area (Å²) in [5, 5.41) is 9.60. The molecule has 9 aromatic carbocycles. The molecule has 0 fully saturated rings. The van der Waals surface area contributed by atoms with Crippen LogP contribution in [-0.4, -0.2) is 19.5 Å². The lowest BCUT2D eigenvalue weighted by Crippen LogP contribution is -2.04. The minimum absolute atomic E-state index is 0.619. The van der Waals surface area contributed by atoms with Crippen LogP contribution in [0, 0.1) is 0 Å². The van der Waals surface area contributed by atoms with Crippen molar-refractivity contribution in [1.29, 1.82) is 0 Å². The molecular formula is C53H32N4S. The average Bonchev–Trinajstić information content (AvgIpc) is 3.82. The van der Waals surface area contributed by atoms with Crippen molar-refractivity contribution in [2.24, 2.45) is 0 Å². The van der Waals surface area contributed by atoms with Crippen LogP contribution in [0.15, 0.2) is 194 Å². The Morgan fingerprint density at radius 2 is 0.948 bits per heavy atom. The maximum absolute atomic E-state index is 5.40. The average molecular weight is 757 g/mol. The molecule has 0 bridgehead atoms. The van der Waals surface area contributed by atoms with Gasteiger partial charge in [-0.25, -0.2) is 15.0 Å². The van der Waals surface area contributed by atoms with Gasteiger partial charge < -0.3 is 4.57 Å². The van der Waals surface area contributed by atoms with Gasteiger partial charge in [0.15, 0.2) is 17.5 Å². The van der Waals surface area contributed by atoms with Gasteiger partial charge in [0.1, 0.15) is 0 Å². The minimum Gasteiger partial charge on any atom is -0.308 e. The zero-order valence-corrected chi connectivity index (χ0v) is 32.0. The Morgan fingerprint density at radius 3 is 1.79 bits per heavy atom. The standard InChI is InChI=1S/C53H32N4S/c1-2-13-33(14-3-1)35-18-12-19-38(29-35)51-54-52(39-26-27-43-42-22-9-11-24-48(42)58-49(43)32-39)56-53(55-51)44-28-25-34-15-6-7-20-40(34)50(44)57-46-23-10-8-21-41(46)45-30-36-16-4-5-17-37(36)31-47(45)57/h1-32H. The number of thiophene rings is 1. The van der Waals surface area contributed by atoms with E-state index in [-0.39, 0.29) is 0 Å². The van der Waals surface area contributed by atoms with Crippen LogP contribution in [-0.2, 0) is 0 Å². The number of hydrogen-bond donors (Lipinski definition) is 0. The predicted octanol–water partition coefficient (Wildman–Crippen LogP) is 14.3. The molecule has 0 aliphatic rings. The van der Waals surface area contributed by atoms with Gasteiger partial charge in [0.05, 0.1) is 16.7 Å². The lowest BCUT2D eigenvalue weighted by Gasteiger charge is -2.17. The molecule has 0 unspecified atom stereocenters. The summed E-state index contributed by atoms with van der Waals surface area (Å²) >= 11 is 1.80. The van der Waals surface area contributed by atoms with Crippen molar-refractivity contribution in [2.45, 2.75) is 0 Å². The van der Waals surface area contributed by atoms with E-state index in [1.807, 2.05) is 6.07 Å². The van der Waals surface area contributed by atoms with Crippen LogP contribution >= 0.6 is 11.3 Å². The van der Waals surface area contributed by atoms with E-state index in [2.05, 4.69) is 193 Å². The first-order valence-electron chi connectivity index (χ1n) is 19.5. The van der Waals surface area contributed by atoms with E-state index >= 15 is 0 Å². The second kappa shape index (κ2) is 13.1. The highest BCUT2D eigenvalue weighted by Crippen LogP contribution is 2.42. The molecule has 0 atom stereocenters. The number of nitrogens with zero attached hydrogens (tertiary/aromatic N) is 4. The van der Waals surface area contributed by atoms with Gasteiger partial charge in [-0.05, 0) is 69.8 Å². The molecule has 5 heteroatoms. The Bertz CT molecular complexity index is 3580. The number of rotatable bonds is 5. The maximum Gasteiger partial charge on any atom is 0.166 e. The summed E-state index contributed by atoms with van der Waals surface area (Å²) in [6, 6.07) is 69.2. The monoisotopic (exact) mass is 756 g/mol. The third-order valence-electron chi connectivity index (χ3n) is 11.4. The van der Waals surface area contributed by atoms with E-state index in [9.17, 15) is 0 Å². The smallest absolute Gasteiger partial charge is 0.166 e. The van der Waals surface area contributed by atoms with Crippen LogP contribution < -0.4 is 0 Å². The fourth-order valence-corrected chi connectivity index (χ4v) is 9.81. The van der Waals surface area contributed by atoms with Crippen LogP contribution in [0.1, 0.15) is 0 Å². The highest BCUT2D eigenvalue weighted by atomic mass is 32.1. The van der Waals surface area contributed by atoms with Gasteiger partial charge in [-0.15, -0.1) is 11.3 Å². The molecule has 270 valence electrons. The summed E-state index contributed by atoms with van der Waals surface area (Å²) < 4.78 is 4.90. The Balaban J connectivity index is 1.15. The molecule has 0 N–H and O–H groups in total. The molecule has 0 amide bonds. The van der Waals surface area contributed by atoms with Gasteiger partial charge in [0, 0.05) is 53.0 Å². The van der Waals surface area contributed by atoms with E-state index in [1.54, 1.807) is 11.3 Å². The highest BCUT2D eigenvalue weighted by Gasteiger charge is 2.22. The second-order valence-electron chi connectivity index (χ2n) is 14.8. The fourth-order valence-electron chi connectivity index (χ4n) is 8.66. The molecule has 4 nitrogen and oxygen atoms in total. The van der Waals surface area contributed by atoms with Gasteiger partial charge >= 0.3 is 0 Å². The first-order valence-corrected chi connectivity index (χ1v) is 20.3. The van der Waals surface area contributed by atoms with E-state index in [0.29, 0.717) is 17.5 Å². The Labute approximate surface area is 338 Å². The first kappa shape index (κ1) is 32.7. The zero-order chi connectivity index (χ0) is 38.2. The van der Waals surface area contributed by atoms with Crippen LogP contribution in [0.3, 0.4) is 0 Å². The minimum atomic E-state index is 0.619.